The van der Waals surface area contributed by atoms with Gasteiger partial charge in [-0.2, -0.15) is 0 Å². The smallest absolute Gasteiger partial charge is 0.0759 e. The molecule has 0 aliphatic rings. The van der Waals surface area contributed by atoms with Crippen molar-refractivity contribution in [3.05, 3.63) is 59.7 Å². The molecule has 20 heavy (non-hydrogen) atoms. The van der Waals surface area contributed by atoms with Gasteiger partial charge in [-0.15, -0.1) is 0 Å². The van der Waals surface area contributed by atoms with Crippen molar-refractivity contribution in [2.75, 3.05) is 7.05 Å². The SMILES string of the molecule is CNC(Cc1ccc(C(C)(C)C)cc1)c1cnccn1. The van der Waals surface area contributed by atoms with E-state index >= 15 is 0 Å². The lowest BCUT2D eigenvalue weighted by atomic mass is 9.86. The van der Waals surface area contributed by atoms with E-state index in [4.69, 9.17) is 0 Å². The first-order valence-corrected chi connectivity index (χ1v) is 7.03. The topological polar surface area (TPSA) is 37.8 Å². The molecule has 1 unspecified atom stereocenters. The van der Waals surface area contributed by atoms with E-state index in [-0.39, 0.29) is 11.5 Å². The third-order valence-electron chi connectivity index (χ3n) is 3.55. The summed E-state index contributed by atoms with van der Waals surface area (Å²) in [6, 6.07) is 9.06. The molecule has 1 aromatic heterocycles. The van der Waals surface area contributed by atoms with Crippen molar-refractivity contribution in [2.45, 2.75) is 38.6 Å². The van der Waals surface area contributed by atoms with Gasteiger partial charge in [0.25, 0.3) is 0 Å². The largest absolute Gasteiger partial charge is 0.311 e. The van der Waals surface area contributed by atoms with Crippen LogP contribution in [0.1, 0.15) is 43.6 Å². The minimum absolute atomic E-state index is 0.198. The zero-order valence-electron chi connectivity index (χ0n) is 12.7. The van der Waals surface area contributed by atoms with Gasteiger partial charge in [-0.05, 0) is 30.0 Å². The van der Waals surface area contributed by atoms with E-state index in [0.29, 0.717) is 0 Å². The number of hydrogen-bond donors (Lipinski definition) is 1. The third-order valence-corrected chi connectivity index (χ3v) is 3.55. The molecular formula is C17H23N3. The predicted octanol–water partition coefficient (Wildman–Crippen LogP) is 3.28. The van der Waals surface area contributed by atoms with Crippen LogP contribution in [0.15, 0.2) is 42.9 Å². The Hall–Kier alpha value is -1.74. The summed E-state index contributed by atoms with van der Waals surface area (Å²) < 4.78 is 0. The van der Waals surface area contributed by atoms with Gasteiger partial charge in [0.15, 0.2) is 0 Å². The standard InChI is InChI=1S/C17H23N3/c1-17(2,3)14-7-5-13(6-8-14)11-15(18-4)16-12-19-9-10-20-16/h5-10,12,15,18H,11H2,1-4H3. The Labute approximate surface area is 121 Å². The number of nitrogens with one attached hydrogen (secondary N) is 1. The van der Waals surface area contributed by atoms with Crippen molar-refractivity contribution < 1.29 is 0 Å². The van der Waals surface area contributed by atoms with E-state index in [9.17, 15) is 0 Å². The van der Waals surface area contributed by atoms with E-state index < -0.39 is 0 Å². The molecule has 0 saturated carbocycles. The minimum atomic E-state index is 0.198. The summed E-state index contributed by atoms with van der Waals surface area (Å²) in [4.78, 5) is 8.52. The van der Waals surface area contributed by atoms with Crippen molar-refractivity contribution in [2.24, 2.45) is 0 Å². The van der Waals surface area contributed by atoms with Gasteiger partial charge in [-0.25, -0.2) is 0 Å². The molecule has 2 rings (SSSR count). The normalized spacial score (nSPS) is 13.2. The van der Waals surface area contributed by atoms with E-state index in [0.717, 1.165) is 12.1 Å². The second-order valence-corrected chi connectivity index (χ2v) is 6.12. The van der Waals surface area contributed by atoms with Crippen LogP contribution in [0.4, 0.5) is 0 Å². The number of hydrogen-bond acceptors (Lipinski definition) is 3. The molecular weight excluding hydrogens is 246 g/mol. The molecule has 3 nitrogen and oxygen atoms in total. The Morgan fingerprint density at radius 3 is 2.30 bits per heavy atom. The summed E-state index contributed by atoms with van der Waals surface area (Å²) in [5.74, 6) is 0. The van der Waals surface area contributed by atoms with Crippen LogP contribution in [-0.2, 0) is 11.8 Å². The van der Waals surface area contributed by atoms with E-state index in [1.165, 1.54) is 11.1 Å². The first-order chi connectivity index (χ1) is 9.50. The number of benzene rings is 1. The highest BCUT2D eigenvalue weighted by Crippen LogP contribution is 2.23. The van der Waals surface area contributed by atoms with Gasteiger partial charge in [0, 0.05) is 18.6 Å². The number of aromatic nitrogens is 2. The second kappa shape index (κ2) is 6.14. The molecule has 1 heterocycles. The molecule has 0 saturated heterocycles. The van der Waals surface area contributed by atoms with Crippen molar-refractivity contribution in [1.82, 2.24) is 15.3 Å². The van der Waals surface area contributed by atoms with Crippen molar-refractivity contribution >= 4 is 0 Å². The molecule has 1 aromatic carbocycles. The number of likely N-dealkylation sites (N-methyl/N-ethyl adjacent to an activating group) is 1. The van der Waals surface area contributed by atoms with Crippen molar-refractivity contribution in [3.63, 3.8) is 0 Å². The fourth-order valence-electron chi connectivity index (χ4n) is 2.22. The molecule has 0 amide bonds. The average Bonchev–Trinajstić information content (AvgIpc) is 2.45. The summed E-state index contributed by atoms with van der Waals surface area (Å²) in [5, 5.41) is 3.31. The minimum Gasteiger partial charge on any atom is -0.311 e. The maximum Gasteiger partial charge on any atom is 0.0759 e. The molecule has 1 N–H and O–H groups in total. The van der Waals surface area contributed by atoms with Gasteiger partial charge in [0.05, 0.1) is 11.7 Å². The first-order valence-electron chi connectivity index (χ1n) is 7.03. The van der Waals surface area contributed by atoms with E-state index in [1.54, 1.807) is 12.4 Å². The van der Waals surface area contributed by atoms with Gasteiger partial charge >= 0.3 is 0 Å². The Balaban J connectivity index is 2.13. The van der Waals surface area contributed by atoms with Crippen LogP contribution in [0, 0.1) is 0 Å². The monoisotopic (exact) mass is 269 g/mol. The van der Waals surface area contributed by atoms with Crippen LogP contribution in [0.5, 0.6) is 0 Å². The van der Waals surface area contributed by atoms with Crippen LogP contribution in [0.2, 0.25) is 0 Å². The van der Waals surface area contributed by atoms with Gasteiger partial charge in [0.2, 0.25) is 0 Å². The molecule has 106 valence electrons. The van der Waals surface area contributed by atoms with Crippen LogP contribution in [0.3, 0.4) is 0 Å². The van der Waals surface area contributed by atoms with E-state index in [2.05, 4.69) is 60.3 Å². The lowest BCUT2D eigenvalue weighted by Gasteiger charge is -2.20. The summed E-state index contributed by atoms with van der Waals surface area (Å²) >= 11 is 0. The van der Waals surface area contributed by atoms with Crippen molar-refractivity contribution in [3.8, 4) is 0 Å². The molecule has 0 fully saturated rings. The lowest BCUT2D eigenvalue weighted by molar-refractivity contribution is 0.570. The second-order valence-electron chi connectivity index (χ2n) is 6.12. The van der Waals surface area contributed by atoms with Crippen molar-refractivity contribution in [1.29, 1.82) is 0 Å². The lowest BCUT2D eigenvalue weighted by Crippen LogP contribution is -2.20. The quantitative estimate of drug-likeness (QED) is 0.925. The summed E-state index contributed by atoms with van der Waals surface area (Å²) in [6.45, 7) is 6.70. The Kier molecular flexibility index (Phi) is 4.50. The maximum atomic E-state index is 4.38. The summed E-state index contributed by atoms with van der Waals surface area (Å²) in [5.41, 5.74) is 3.85. The van der Waals surface area contributed by atoms with Crippen LogP contribution in [0.25, 0.3) is 0 Å². The molecule has 0 aliphatic carbocycles. The zero-order chi connectivity index (χ0) is 14.6. The average molecular weight is 269 g/mol. The van der Waals surface area contributed by atoms with E-state index in [1.807, 2.05) is 13.2 Å². The van der Waals surface area contributed by atoms with Gasteiger partial charge in [0.1, 0.15) is 0 Å². The molecule has 0 bridgehead atoms. The highest BCUT2D eigenvalue weighted by Gasteiger charge is 2.15. The molecule has 0 spiro atoms. The summed E-state index contributed by atoms with van der Waals surface area (Å²) in [7, 11) is 1.96. The Bertz CT molecular complexity index is 526. The van der Waals surface area contributed by atoms with Crippen LogP contribution >= 0.6 is 0 Å². The molecule has 2 aromatic rings. The maximum absolute atomic E-state index is 4.38. The Morgan fingerprint density at radius 2 is 1.80 bits per heavy atom. The number of rotatable bonds is 4. The highest BCUT2D eigenvalue weighted by atomic mass is 14.9. The summed E-state index contributed by atoms with van der Waals surface area (Å²) in [6.07, 6.45) is 6.18. The van der Waals surface area contributed by atoms with Crippen LogP contribution < -0.4 is 5.32 Å². The van der Waals surface area contributed by atoms with Crippen LogP contribution in [-0.4, -0.2) is 17.0 Å². The zero-order valence-corrected chi connectivity index (χ0v) is 12.7. The fraction of sp³-hybridized carbons (Fsp3) is 0.412. The van der Waals surface area contributed by atoms with Gasteiger partial charge in [-0.1, -0.05) is 45.0 Å². The molecule has 3 heteroatoms. The Morgan fingerprint density at radius 1 is 1.10 bits per heavy atom. The van der Waals surface area contributed by atoms with Gasteiger partial charge < -0.3 is 5.32 Å². The highest BCUT2D eigenvalue weighted by molar-refractivity contribution is 5.28. The molecule has 1 atom stereocenters. The third kappa shape index (κ3) is 3.64. The predicted molar refractivity (Wildman–Crippen MR) is 82.7 cm³/mol. The first kappa shape index (κ1) is 14.7. The molecule has 0 radical (unpaired) electrons. The number of nitrogens with zero attached hydrogens (tertiary/aromatic N) is 2. The fourth-order valence-corrected chi connectivity index (χ4v) is 2.22. The van der Waals surface area contributed by atoms with Gasteiger partial charge in [-0.3, -0.25) is 9.97 Å². The molecule has 0 aliphatic heterocycles.